The van der Waals surface area contributed by atoms with Gasteiger partial charge in [-0.25, -0.2) is 4.98 Å². The summed E-state index contributed by atoms with van der Waals surface area (Å²) >= 11 is 0. The number of nitrogens with one attached hydrogen (secondary N) is 1. The molecule has 0 aliphatic rings. The summed E-state index contributed by atoms with van der Waals surface area (Å²) in [6, 6.07) is 4.89. The normalized spacial score (nSPS) is 12.5. The molecule has 1 aromatic heterocycles. The van der Waals surface area contributed by atoms with E-state index in [0.29, 0.717) is 6.04 Å². The van der Waals surface area contributed by atoms with E-state index in [1.807, 2.05) is 7.05 Å². The van der Waals surface area contributed by atoms with E-state index in [-0.39, 0.29) is 0 Å². The van der Waals surface area contributed by atoms with Crippen molar-refractivity contribution in [1.82, 2.24) is 10.3 Å². The van der Waals surface area contributed by atoms with Crippen LogP contribution in [-0.2, 0) is 13.0 Å². The van der Waals surface area contributed by atoms with Gasteiger partial charge < -0.3 is 10.2 Å². The fraction of sp³-hybridized carbons (Fsp3) is 0.643. The standard InChI is InChI=1S/C14H25N3/c1-6-11(3)17(5)14-9-12(10-15-4)8-13(7-2)16-14/h8-9,11,15H,6-7,10H2,1-5H3. The molecule has 0 saturated heterocycles. The van der Waals surface area contributed by atoms with E-state index in [1.54, 1.807) is 0 Å². The predicted molar refractivity (Wildman–Crippen MR) is 74.5 cm³/mol. The van der Waals surface area contributed by atoms with E-state index in [2.05, 4.69) is 50.2 Å². The first kappa shape index (κ1) is 14.0. The number of hydrogen-bond acceptors (Lipinski definition) is 3. The smallest absolute Gasteiger partial charge is 0.129 e. The molecule has 0 spiro atoms. The highest BCUT2D eigenvalue weighted by Gasteiger charge is 2.11. The van der Waals surface area contributed by atoms with E-state index in [4.69, 9.17) is 4.98 Å². The molecule has 0 amide bonds. The van der Waals surface area contributed by atoms with Crippen molar-refractivity contribution in [3.8, 4) is 0 Å². The van der Waals surface area contributed by atoms with E-state index in [9.17, 15) is 0 Å². The van der Waals surface area contributed by atoms with Gasteiger partial charge in [0.25, 0.3) is 0 Å². The Morgan fingerprint density at radius 1 is 1.35 bits per heavy atom. The molecule has 0 aliphatic carbocycles. The van der Waals surface area contributed by atoms with Crippen LogP contribution in [0.3, 0.4) is 0 Å². The lowest BCUT2D eigenvalue weighted by molar-refractivity contribution is 0.654. The third-order valence-corrected chi connectivity index (χ3v) is 3.28. The third-order valence-electron chi connectivity index (χ3n) is 3.28. The predicted octanol–water partition coefficient (Wildman–Crippen LogP) is 2.60. The molecular weight excluding hydrogens is 210 g/mol. The van der Waals surface area contributed by atoms with Gasteiger partial charge in [-0.2, -0.15) is 0 Å². The van der Waals surface area contributed by atoms with E-state index >= 15 is 0 Å². The first-order chi connectivity index (χ1) is 8.12. The zero-order valence-electron chi connectivity index (χ0n) is 11.7. The molecule has 0 bridgehead atoms. The number of pyridine rings is 1. The van der Waals surface area contributed by atoms with Crippen molar-refractivity contribution < 1.29 is 0 Å². The van der Waals surface area contributed by atoms with Gasteiger partial charge >= 0.3 is 0 Å². The Balaban J connectivity index is 3.01. The van der Waals surface area contributed by atoms with Crippen molar-refractivity contribution in [1.29, 1.82) is 0 Å². The third kappa shape index (κ3) is 3.70. The monoisotopic (exact) mass is 235 g/mol. The Morgan fingerprint density at radius 2 is 2.06 bits per heavy atom. The highest BCUT2D eigenvalue weighted by atomic mass is 15.2. The minimum atomic E-state index is 0.525. The van der Waals surface area contributed by atoms with E-state index in [0.717, 1.165) is 25.2 Å². The van der Waals surface area contributed by atoms with E-state index in [1.165, 1.54) is 11.3 Å². The molecule has 17 heavy (non-hydrogen) atoms. The lowest BCUT2D eigenvalue weighted by Crippen LogP contribution is -2.29. The van der Waals surface area contributed by atoms with Crippen LogP contribution in [0.2, 0.25) is 0 Å². The second-order valence-corrected chi connectivity index (χ2v) is 4.58. The number of rotatable bonds is 6. The summed E-state index contributed by atoms with van der Waals surface area (Å²) in [6.07, 6.45) is 2.12. The maximum Gasteiger partial charge on any atom is 0.129 e. The van der Waals surface area contributed by atoms with Crippen molar-refractivity contribution in [2.75, 3.05) is 19.0 Å². The lowest BCUT2D eigenvalue weighted by Gasteiger charge is -2.26. The molecule has 0 fully saturated rings. The van der Waals surface area contributed by atoms with Gasteiger partial charge in [0.15, 0.2) is 0 Å². The molecule has 3 nitrogen and oxygen atoms in total. The van der Waals surface area contributed by atoms with Crippen molar-refractivity contribution in [3.05, 3.63) is 23.4 Å². The van der Waals surface area contributed by atoms with Crippen LogP contribution in [0.5, 0.6) is 0 Å². The van der Waals surface area contributed by atoms with Crippen LogP contribution in [0.15, 0.2) is 12.1 Å². The number of nitrogens with zero attached hydrogens (tertiary/aromatic N) is 2. The Morgan fingerprint density at radius 3 is 2.59 bits per heavy atom. The summed E-state index contributed by atoms with van der Waals surface area (Å²) in [5, 5.41) is 3.20. The quantitative estimate of drug-likeness (QED) is 0.821. The Labute approximate surface area is 105 Å². The van der Waals surface area contributed by atoms with Crippen LogP contribution >= 0.6 is 0 Å². The zero-order chi connectivity index (χ0) is 12.8. The molecule has 1 heterocycles. The van der Waals surface area contributed by atoms with Crippen LogP contribution in [0.4, 0.5) is 5.82 Å². The molecule has 0 saturated carbocycles. The minimum absolute atomic E-state index is 0.525. The highest BCUT2D eigenvalue weighted by Crippen LogP contribution is 2.17. The Hall–Kier alpha value is -1.09. The number of anilines is 1. The first-order valence-corrected chi connectivity index (χ1v) is 6.49. The van der Waals surface area contributed by atoms with Crippen LogP contribution in [-0.4, -0.2) is 25.1 Å². The lowest BCUT2D eigenvalue weighted by atomic mass is 10.1. The second kappa shape index (κ2) is 6.60. The van der Waals surface area contributed by atoms with Gasteiger partial charge in [0.1, 0.15) is 5.82 Å². The molecule has 0 aromatic carbocycles. The Kier molecular flexibility index (Phi) is 5.42. The summed E-state index contributed by atoms with van der Waals surface area (Å²) < 4.78 is 0. The fourth-order valence-corrected chi connectivity index (χ4v) is 1.80. The molecule has 1 rings (SSSR count). The van der Waals surface area contributed by atoms with E-state index < -0.39 is 0 Å². The molecular formula is C14H25N3. The Bertz CT molecular complexity index is 349. The highest BCUT2D eigenvalue weighted by molar-refractivity contribution is 5.43. The largest absolute Gasteiger partial charge is 0.357 e. The van der Waals surface area contributed by atoms with Gasteiger partial charge in [-0.15, -0.1) is 0 Å². The van der Waals surface area contributed by atoms with Crippen molar-refractivity contribution >= 4 is 5.82 Å². The van der Waals surface area contributed by atoms with Gasteiger partial charge in [-0.05, 0) is 44.5 Å². The summed E-state index contributed by atoms with van der Waals surface area (Å²) in [6.45, 7) is 7.49. The topological polar surface area (TPSA) is 28.2 Å². The first-order valence-electron chi connectivity index (χ1n) is 6.49. The molecule has 96 valence electrons. The minimum Gasteiger partial charge on any atom is -0.357 e. The average molecular weight is 235 g/mol. The fourth-order valence-electron chi connectivity index (χ4n) is 1.80. The van der Waals surface area contributed by atoms with Crippen LogP contribution < -0.4 is 10.2 Å². The molecule has 1 atom stereocenters. The molecule has 3 heteroatoms. The van der Waals surface area contributed by atoms with Gasteiger partial charge in [0, 0.05) is 25.3 Å². The molecule has 1 N–H and O–H groups in total. The van der Waals surface area contributed by atoms with Gasteiger partial charge in [0.2, 0.25) is 0 Å². The molecule has 0 aliphatic heterocycles. The SMILES string of the molecule is CCc1cc(CNC)cc(N(C)C(C)CC)n1. The maximum absolute atomic E-state index is 4.70. The van der Waals surface area contributed by atoms with Crippen LogP contribution in [0, 0.1) is 0 Å². The van der Waals surface area contributed by atoms with Crippen LogP contribution in [0.25, 0.3) is 0 Å². The summed E-state index contributed by atoms with van der Waals surface area (Å²) in [4.78, 5) is 6.96. The number of aromatic nitrogens is 1. The van der Waals surface area contributed by atoms with Gasteiger partial charge in [-0.1, -0.05) is 13.8 Å². The molecule has 1 unspecified atom stereocenters. The number of aryl methyl sites for hydroxylation is 1. The summed E-state index contributed by atoms with van der Waals surface area (Å²) in [5.74, 6) is 1.09. The van der Waals surface area contributed by atoms with Gasteiger partial charge in [-0.3, -0.25) is 0 Å². The van der Waals surface area contributed by atoms with Crippen LogP contribution in [0.1, 0.15) is 38.4 Å². The average Bonchev–Trinajstić information content (AvgIpc) is 2.36. The van der Waals surface area contributed by atoms with Crippen molar-refractivity contribution in [2.24, 2.45) is 0 Å². The van der Waals surface area contributed by atoms with Crippen molar-refractivity contribution in [2.45, 2.75) is 46.2 Å². The molecule has 0 radical (unpaired) electrons. The second-order valence-electron chi connectivity index (χ2n) is 4.58. The van der Waals surface area contributed by atoms with Crippen molar-refractivity contribution in [3.63, 3.8) is 0 Å². The summed E-state index contributed by atoms with van der Waals surface area (Å²) in [5.41, 5.74) is 2.48. The number of hydrogen-bond donors (Lipinski definition) is 1. The molecule has 1 aromatic rings. The van der Waals surface area contributed by atoms with Gasteiger partial charge in [0.05, 0.1) is 0 Å². The maximum atomic E-state index is 4.70. The zero-order valence-corrected chi connectivity index (χ0v) is 11.7. The summed E-state index contributed by atoms with van der Waals surface area (Å²) in [7, 11) is 4.10.